The summed E-state index contributed by atoms with van der Waals surface area (Å²) in [4.78, 5) is 30.8. The smallest absolute Gasteiger partial charge is 0.410 e. The van der Waals surface area contributed by atoms with E-state index in [1.165, 1.54) is 12.3 Å². The average molecular weight is 334 g/mol. The molecule has 0 aromatic carbocycles. The second-order valence-electron chi connectivity index (χ2n) is 7.31. The SMILES string of the molecule is CC(C)(C)OC(=O)N1CC2CCC(C1)N2c1ccc([N+](=O)[O-])cn1. The maximum Gasteiger partial charge on any atom is 0.410 e. The number of anilines is 1. The van der Waals surface area contributed by atoms with Crippen LogP contribution >= 0.6 is 0 Å². The summed E-state index contributed by atoms with van der Waals surface area (Å²) in [6.07, 6.45) is 2.95. The van der Waals surface area contributed by atoms with Crippen molar-refractivity contribution >= 4 is 17.6 Å². The van der Waals surface area contributed by atoms with Crippen LogP contribution in [-0.2, 0) is 4.74 Å². The van der Waals surface area contributed by atoms with Gasteiger partial charge in [0.2, 0.25) is 0 Å². The summed E-state index contributed by atoms with van der Waals surface area (Å²) in [6.45, 7) is 6.75. The zero-order chi connectivity index (χ0) is 17.5. The molecule has 8 heteroatoms. The third kappa shape index (κ3) is 3.27. The Bertz CT molecular complexity index is 626. The van der Waals surface area contributed by atoms with Crippen molar-refractivity contribution in [3.8, 4) is 0 Å². The predicted molar refractivity (Wildman–Crippen MR) is 88.0 cm³/mol. The number of aromatic nitrogens is 1. The molecule has 2 fully saturated rings. The standard InChI is InChI=1S/C16H22N4O4/c1-16(2,3)24-15(21)18-9-12-4-5-13(10-18)19(12)14-7-6-11(8-17-14)20(22)23/h6-8,12-13H,4-5,9-10H2,1-3H3. The Morgan fingerprint density at radius 3 is 2.38 bits per heavy atom. The minimum absolute atomic E-state index is 0.0153. The number of ether oxygens (including phenoxy) is 1. The van der Waals surface area contributed by atoms with Gasteiger partial charge in [-0.05, 0) is 39.7 Å². The number of amides is 1. The number of carbonyl (C=O) groups excluding carboxylic acids is 1. The molecule has 2 bridgehead atoms. The molecule has 0 saturated carbocycles. The molecule has 2 aliphatic heterocycles. The van der Waals surface area contributed by atoms with E-state index in [2.05, 4.69) is 9.88 Å². The lowest BCUT2D eigenvalue weighted by molar-refractivity contribution is -0.385. The number of pyridine rings is 1. The molecule has 2 aliphatic rings. The van der Waals surface area contributed by atoms with Gasteiger partial charge in [-0.25, -0.2) is 9.78 Å². The molecule has 0 N–H and O–H groups in total. The van der Waals surface area contributed by atoms with Crippen LogP contribution in [0.5, 0.6) is 0 Å². The van der Waals surface area contributed by atoms with Crippen molar-refractivity contribution < 1.29 is 14.5 Å². The number of carbonyl (C=O) groups is 1. The molecule has 1 amide bonds. The zero-order valence-corrected chi connectivity index (χ0v) is 14.1. The molecule has 3 rings (SSSR count). The van der Waals surface area contributed by atoms with Gasteiger partial charge in [0.25, 0.3) is 5.69 Å². The van der Waals surface area contributed by atoms with E-state index >= 15 is 0 Å². The Balaban J connectivity index is 1.72. The van der Waals surface area contributed by atoms with Crippen LogP contribution in [0.3, 0.4) is 0 Å². The highest BCUT2D eigenvalue weighted by Gasteiger charge is 2.43. The Morgan fingerprint density at radius 2 is 1.92 bits per heavy atom. The quantitative estimate of drug-likeness (QED) is 0.610. The number of nitrogens with zero attached hydrogens (tertiary/aromatic N) is 4. The Labute approximate surface area is 140 Å². The van der Waals surface area contributed by atoms with Crippen LogP contribution in [0.4, 0.5) is 16.3 Å². The lowest BCUT2D eigenvalue weighted by Crippen LogP contribution is -2.56. The van der Waals surface area contributed by atoms with Crippen molar-refractivity contribution in [1.82, 2.24) is 9.88 Å². The summed E-state index contributed by atoms with van der Waals surface area (Å²) < 4.78 is 5.46. The van der Waals surface area contributed by atoms with Gasteiger partial charge < -0.3 is 14.5 Å². The first-order valence-corrected chi connectivity index (χ1v) is 8.11. The number of nitro groups is 1. The van der Waals surface area contributed by atoms with Gasteiger partial charge in [0, 0.05) is 31.2 Å². The summed E-state index contributed by atoms with van der Waals surface area (Å²) in [5.41, 5.74) is -0.522. The third-order valence-corrected chi connectivity index (χ3v) is 4.34. The highest BCUT2D eigenvalue weighted by atomic mass is 16.6. The first-order valence-electron chi connectivity index (χ1n) is 8.11. The van der Waals surface area contributed by atoms with Crippen LogP contribution in [0.15, 0.2) is 18.3 Å². The molecule has 0 radical (unpaired) electrons. The first-order chi connectivity index (χ1) is 11.2. The second kappa shape index (κ2) is 5.92. The third-order valence-electron chi connectivity index (χ3n) is 4.34. The number of hydrogen-bond donors (Lipinski definition) is 0. The number of piperazine rings is 1. The van der Waals surface area contributed by atoms with Crippen molar-refractivity contribution in [3.05, 3.63) is 28.4 Å². The second-order valence-corrected chi connectivity index (χ2v) is 7.31. The molecule has 2 saturated heterocycles. The van der Waals surface area contributed by atoms with Gasteiger partial charge in [-0.2, -0.15) is 0 Å². The van der Waals surface area contributed by atoms with Gasteiger partial charge >= 0.3 is 6.09 Å². The summed E-state index contributed by atoms with van der Waals surface area (Å²) in [5.74, 6) is 0.733. The molecular formula is C16H22N4O4. The fourth-order valence-electron chi connectivity index (χ4n) is 3.39. The Morgan fingerprint density at radius 1 is 1.29 bits per heavy atom. The highest BCUT2D eigenvalue weighted by Crippen LogP contribution is 2.34. The lowest BCUT2D eigenvalue weighted by Gasteiger charge is -2.41. The summed E-state index contributed by atoms with van der Waals surface area (Å²) in [7, 11) is 0. The molecule has 0 spiro atoms. The molecule has 1 aromatic rings. The molecule has 130 valence electrons. The number of rotatable bonds is 2. The minimum Gasteiger partial charge on any atom is -0.444 e. The number of likely N-dealkylation sites (tertiary alicyclic amines) is 1. The molecule has 8 nitrogen and oxygen atoms in total. The van der Waals surface area contributed by atoms with Crippen LogP contribution in [0.25, 0.3) is 0 Å². The van der Waals surface area contributed by atoms with Crippen molar-refractivity contribution in [2.45, 2.75) is 51.3 Å². The summed E-state index contributed by atoms with van der Waals surface area (Å²) in [5, 5.41) is 10.8. The summed E-state index contributed by atoms with van der Waals surface area (Å²) in [6, 6.07) is 3.50. The molecular weight excluding hydrogens is 312 g/mol. The van der Waals surface area contributed by atoms with E-state index in [0.29, 0.717) is 13.1 Å². The van der Waals surface area contributed by atoms with E-state index in [0.717, 1.165) is 18.7 Å². The fourth-order valence-corrected chi connectivity index (χ4v) is 3.39. The topological polar surface area (TPSA) is 88.8 Å². The van der Waals surface area contributed by atoms with Gasteiger partial charge in [-0.1, -0.05) is 0 Å². The predicted octanol–water partition coefficient (Wildman–Crippen LogP) is 2.58. The van der Waals surface area contributed by atoms with Crippen molar-refractivity contribution in [2.24, 2.45) is 0 Å². The Kier molecular flexibility index (Phi) is 4.06. The molecule has 2 atom stereocenters. The van der Waals surface area contributed by atoms with Crippen molar-refractivity contribution in [2.75, 3.05) is 18.0 Å². The maximum absolute atomic E-state index is 12.3. The van der Waals surface area contributed by atoms with Crippen molar-refractivity contribution in [1.29, 1.82) is 0 Å². The van der Waals surface area contributed by atoms with Gasteiger partial charge in [-0.15, -0.1) is 0 Å². The van der Waals surface area contributed by atoms with Crippen LogP contribution < -0.4 is 4.90 Å². The van der Waals surface area contributed by atoms with Gasteiger partial charge in [0.05, 0.1) is 4.92 Å². The fraction of sp³-hybridized carbons (Fsp3) is 0.625. The van der Waals surface area contributed by atoms with E-state index < -0.39 is 10.5 Å². The Hall–Kier alpha value is -2.38. The van der Waals surface area contributed by atoms with E-state index in [1.54, 1.807) is 11.0 Å². The summed E-state index contributed by atoms with van der Waals surface area (Å²) >= 11 is 0. The zero-order valence-electron chi connectivity index (χ0n) is 14.1. The van der Waals surface area contributed by atoms with Crippen LogP contribution in [-0.4, -0.2) is 51.7 Å². The molecule has 1 aromatic heterocycles. The van der Waals surface area contributed by atoms with E-state index in [1.807, 2.05) is 20.8 Å². The lowest BCUT2D eigenvalue weighted by atomic mass is 10.2. The normalized spacial score (nSPS) is 23.3. The minimum atomic E-state index is -0.507. The average Bonchev–Trinajstić information content (AvgIpc) is 2.75. The molecule has 0 aliphatic carbocycles. The highest BCUT2D eigenvalue weighted by molar-refractivity contribution is 5.69. The largest absolute Gasteiger partial charge is 0.444 e. The monoisotopic (exact) mass is 334 g/mol. The van der Waals surface area contributed by atoms with E-state index in [4.69, 9.17) is 4.74 Å². The van der Waals surface area contributed by atoms with Gasteiger partial charge in [-0.3, -0.25) is 10.1 Å². The molecule has 24 heavy (non-hydrogen) atoms. The molecule has 3 heterocycles. The van der Waals surface area contributed by atoms with Crippen LogP contribution in [0.2, 0.25) is 0 Å². The number of hydrogen-bond acceptors (Lipinski definition) is 6. The van der Waals surface area contributed by atoms with Crippen LogP contribution in [0, 0.1) is 10.1 Å². The van der Waals surface area contributed by atoms with Crippen LogP contribution in [0.1, 0.15) is 33.6 Å². The van der Waals surface area contributed by atoms with Gasteiger partial charge in [0.1, 0.15) is 17.6 Å². The van der Waals surface area contributed by atoms with Crippen molar-refractivity contribution in [3.63, 3.8) is 0 Å². The van der Waals surface area contributed by atoms with E-state index in [-0.39, 0.29) is 23.9 Å². The first kappa shape index (κ1) is 16.5. The molecule has 2 unspecified atom stereocenters. The maximum atomic E-state index is 12.3. The van der Waals surface area contributed by atoms with Gasteiger partial charge in [0.15, 0.2) is 0 Å². The number of fused-ring (bicyclic) bond motifs is 2. The van der Waals surface area contributed by atoms with E-state index in [9.17, 15) is 14.9 Å².